The molecule has 0 aliphatic heterocycles. The fourth-order valence-electron chi connectivity index (χ4n) is 3.93. The molecule has 0 aliphatic rings. The number of nitrogens with zero attached hydrogens (tertiary/aromatic N) is 7. The molecule has 0 radical (unpaired) electrons. The Balaban J connectivity index is -0.000000146. The molecule has 434 valence electrons. The summed E-state index contributed by atoms with van der Waals surface area (Å²) in [5.74, 6) is 0. The van der Waals surface area contributed by atoms with Crippen LogP contribution in [0.4, 0.5) is 101 Å². The summed E-state index contributed by atoms with van der Waals surface area (Å²) in [6.07, 6.45) is 10.5. The molecule has 7 aromatic rings. The molecular formula is C33H38F24N12P4Ru2. The number of nitriles is 1. The minimum atomic E-state index is -10.7. The Morgan fingerprint density at radius 1 is 0.307 bits per heavy atom. The van der Waals surface area contributed by atoms with Gasteiger partial charge in [0.15, 0.2) is 0 Å². The number of fused-ring (bicyclic) bond motifs is 3. The zero-order valence-electron chi connectivity index (χ0n) is 36.5. The van der Waals surface area contributed by atoms with Crippen LogP contribution in [0.3, 0.4) is 0 Å². The fraction of sp³-hybridized carbons (Fsp3) is 0. The summed E-state index contributed by atoms with van der Waals surface area (Å²) in [7, 11) is -42.6. The fourth-order valence-corrected chi connectivity index (χ4v) is 3.93. The summed E-state index contributed by atoms with van der Waals surface area (Å²) in [6.45, 7) is 0. The first kappa shape index (κ1) is 84.2. The number of hydrogen-bond donors (Lipinski definition) is 5. The first-order chi connectivity index (χ1) is 29.6. The number of halogens is 24. The van der Waals surface area contributed by atoms with Crippen molar-refractivity contribution >= 4 is 53.0 Å². The second kappa shape index (κ2) is 25.6. The third-order valence-electron chi connectivity index (χ3n) is 5.77. The van der Waals surface area contributed by atoms with E-state index in [0.29, 0.717) is 5.56 Å². The molecule has 0 bridgehead atoms. The van der Waals surface area contributed by atoms with E-state index in [1.54, 1.807) is 37.2 Å². The second-order valence-electron chi connectivity index (χ2n) is 12.2. The van der Waals surface area contributed by atoms with Gasteiger partial charge in [-0.25, -0.2) is 0 Å². The topological polar surface area (TPSA) is 276 Å². The van der Waals surface area contributed by atoms with Crippen molar-refractivity contribution in [2.24, 2.45) is 0 Å². The summed E-state index contributed by atoms with van der Waals surface area (Å²) in [6, 6.07) is 34.8. The maximum Gasteiger partial charge on any atom is 2.00 e. The molecule has 6 heterocycles. The van der Waals surface area contributed by atoms with Gasteiger partial charge in [-0.3, -0.25) is 29.9 Å². The van der Waals surface area contributed by atoms with Crippen LogP contribution in [0, 0.1) is 11.3 Å². The summed E-state index contributed by atoms with van der Waals surface area (Å²) in [5.41, 5.74) is 5.94. The molecule has 1 aromatic carbocycles. The van der Waals surface area contributed by atoms with Gasteiger partial charge >= 0.3 is 171 Å². The Morgan fingerprint density at radius 3 is 0.760 bits per heavy atom. The predicted molar refractivity (Wildman–Crippen MR) is 236 cm³/mol. The normalized spacial score (nSPS) is 14.0. The SMILES string of the molecule is F[P-](F)(F)(F)(F)F.F[P-](F)(F)(F)(F)F.F[P-](F)(F)(F)(F)F.F[P-](F)(F)(F)(F)F.N.N.N.N.N.N#Cc1cc2cccnc2c2ncccc12.[Ru+2].[Ru+2].c1ccc(-c2ccccn2)nc1.c1ccc(-c2ccccn2)nc1. The average Bonchev–Trinajstić information content (AvgIpc) is 3.15. The van der Waals surface area contributed by atoms with E-state index >= 15 is 0 Å². The van der Waals surface area contributed by atoms with E-state index in [0.717, 1.165) is 44.6 Å². The summed E-state index contributed by atoms with van der Waals surface area (Å²) in [5, 5.41) is 10.9. The Morgan fingerprint density at radius 2 is 0.533 bits per heavy atom. The van der Waals surface area contributed by atoms with Crippen molar-refractivity contribution < 1.29 is 140 Å². The summed E-state index contributed by atoms with van der Waals surface area (Å²) >= 11 is 0. The van der Waals surface area contributed by atoms with Crippen molar-refractivity contribution in [3.8, 4) is 28.8 Å². The van der Waals surface area contributed by atoms with Crippen molar-refractivity contribution in [1.82, 2.24) is 60.7 Å². The summed E-state index contributed by atoms with van der Waals surface area (Å²) in [4.78, 5) is 25.4. The predicted octanol–water partition coefficient (Wildman–Crippen LogP) is 21.3. The minimum Gasteiger partial charge on any atom is -0.344 e. The van der Waals surface area contributed by atoms with Gasteiger partial charge < -0.3 is 30.8 Å². The molecule has 0 spiro atoms. The molecule has 0 amide bonds. The quantitative estimate of drug-likeness (QED) is 0.0468. The van der Waals surface area contributed by atoms with Gasteiger partial charge in [0.2, 0.25) is 0 Å². The zero-order valence-corrected chi connectivity index (χ0v) is 43.6. The van der Waals surface area contributed by atoms with Crippen molar-refractivity contribution in [1.29, 1.82) is 5.26 Å². The van der Waals surface area contributed by atoms with Crippen molar-refractivity contribution in [2.75, 3.05) is 0 Å². The number of aromatic nitrogens is 6. The Bertz CT molecular complexity index is 2510. The first-order valence-corrected chi connectivity index (χ1v) is 24.7. The third-order valence-corrected chi connectivity index (χ3v) is 5.77. The minimum absolute atomic E-state index is 0. The van der Waals surface area contributed by atoms with Crippen LogP contribution in [-0.4, -0.2) is 29.9 Å². The Hall–Kier alpha value is -4.78. The van der Waals surface area contributed by atoms with Crippen LogP contribution >= 0.6 is 31.2 Å². The van der Waals surface area contributed by atoms with Crippen LogP contribution in [0.2, 0.25) is 0 Å². The maximum atomic E-state index is 9.87. The molecule has 12 nitrogen and oxygen atoms in total. The third kappa shape index (κ3) is 61.7. The van der Waals surface area contributed by atoms with E-state index in [-0.39, 0.29) is 69.7 Å². The van der Waals surface area contributed by atoms with Gasteiger partial charge in [0.05, 0.1) is 45.4 Å². The van der Waals surface area contributed by atoms with E-state index in [1.807, 2.05) is 103 Å². The van der Waals surface area contributed by atoms with E-state index < -0.39 is 31.2 Å². The smallest absolute Gasteiger partial charge is 0.344 e. The molecular weight excluding hydrogens is 1350 g/mol. The van der Waals surface area contributed by atoms with Gasteiger partial charge in [-0.05, 0) is 72.8 Å². The zero-order chi connectivity index (χ0) is 53.0. The molecule has 42 heteroatoms. The molecule has 0 unspecified atom stereocenters. The molecule has 15 N–H and O–H groups in total. The van der Waals surface area contributed by atoms with Gasteiger partial charge in [-0.15, -0.1) is 0 Å². The van der Waals surface area contributed by atoms with Crippen LogP contribution in [0.25, 0.3) is 44.6 Å². The van der Waals surface area contributed by atoms with E-state index in [4.69, 9.17) is 5.26 Å². The molecule has 0 saturated heterocycles. The standard InChI is InChI=1S/C13H7N3.2C10H8N2.4F6P.5H3N.2Ru/c14-8-10-7-9-3-1-5-15-12(9)13-11(10)4-2-6-16-13;2*1-3-7-11-9(5-1)10-6-2-4-8-12-10;4*1-7(2,3,4,5)6;;;;;;;/h1-7H;2*1-8H;;;;;5*1H3;;/q;;;4*-1;;;;;;2*+2. The van der Waals surface area contributed by atoms with E-state index in [2.05, 4.69) is 36.0 Å². The van der Waals surface area contributed by atoms with E-state index in [1.165, 1.54) is 0 Å². The molecule has 0 aliphatic carbocycles. The van der Waals surface area contributed by atoms with Gasteiger partial charge in [0, 0.05) is 48.0 Å². The maximum absolute atomic E-state index is 10.7. The van der Waals surface area contributed by atoms with Gasteiger partial charge in [-0.1, -0.05) is 30.3 Å². The monoisotopic (exact) mass is 1390 g/mol. The van der Waals surface area contributed by atoms with Crippen molar-refractivity contribution in [2.45, 2.75) is 0 Å². The number of benzene rings is 1. The molecule has 7 rings (SSSR count). The van der Waals surface area contributed by atoms with Crippen LogP contribution < -0.4 is 30.8 Å². The largest absolute Gasteiger partial charge is 2.00 e. The number of rotatable bonds is 2. The van der Waals surface area contributed by atoms with Gasteiger partial charge in [0.1, 0.15) is 0 Å². The van der Waals surface area contributed by atoms with Crippen LogP contribution in [-0.2, 0) is 39.0 Å². The Labute approximate surface area is 432 Å². The number of pyridine rings is 6. The van der Waals surface area contributed by atoms with Crippen LogP contribution in [0.1, 0.15) is 5.56 Å². The van der Waals surface area contributed by atoms with Crippen LogP contribution in [0.15, 0.2) is 140 Å². The number of hydrogen-bond acceptors (Lipinski definition) is 12. The Kier molecular flexibility index (Phi) is 28.7. The molecule has 0 saturated carbocycles. The van der Waals surface area contributed by atoms with E-state index in [9.17, 15) is 101 Å². The molecule has 6 aromatic heterocycles. The van der Waals surface area contributed by atoms with Gasteiger partial charge in [0.25, 0.3) is 0 Å². The summed E-state index contributed by atoms with van der Waals surface area (Å²) < 4.78 is 237. The molecule has 75 heavy (non-hydrogen) atoms. The molecule has 0 atom stereocenters. The van der Waals surface area contributed by atoms with Crippen LogP contribution in [0.5, 0.6) is 0 Å². The van der Waals surface area contributed by atoms with Crippen molar-refractivity contribution in [3.63, 3.8) is 0 Å². The first-order valence-electron chi connectivity index (χ1n) is 16.6. The van der Waals surface area contributed by atoms with Crippen molar-refractivity contribution in [3.05, 3.63) is 146 Å². The van der Waals surface area contributed by atoms with Gasteiger partial charge in [-0.2, -0.15) is 5.26 Å². The average molecular weight is 1380 g/mol. The molecule has 0 fully saturated rings. The second-order valence-corrected chi connectivity index (χ2v) is 19.9.